The zero-order valence-corrected chi connectivity index (χ0v) is 22.5. The highest BCUT2D eigenvalue weighted by molar-refractivity contribution is 5.79. The summed E-state index contributed by atoms with van der Waals surface area (Å²) in [5.41, 5.74) is 0.691. The lowest BCUT2D eigenvalue weighted by Gasteiger charge is -2.33. The highest BCUT2D eigenvalue weighted by atomic mass is 19.4. The van der Waals surface area contributed by atoms with Gasteiger partial charge in [0.15, 0.2) is 11.5 Å². The van der Waals surface area contributed by atoms with Gasteiger partial charge in [0.2, 0.25) is 17.6 Å². The van der Waals surface area contributed by atoms with Gasteiger partial charge in [-0.15, -0.1) is 0 Å². The summed E-state index contributed by atoms with van der Waals surface area (Å²) < 4.78 is 54.4. The van der Waals surface area contributed by atoms with Gasteiger partial charge in [-0.1, -0.05) is 12.1 Å². The quantitative estimate of drug-likeness (QED) is 0.364. The van der Waals surface area contributed by atoms with Crippen molar-refractivity contribution in [2.24, 2.45) is 5.92 Å². The predicted octanol–water partition coefficient (Wildman–Crippen LogP) is 4.84. The first-order valence-electron chi connectivity index (χ1n) is 12.8. The van der Waals surface area contributed by atoms with Crippen LogP contribution in [0.5, 0.6) is 17.2 Å². The highest BCUT2D eigenvalue weighted by Crippen LogP contribution is 2.40. The van der Waals surface area contributed by atoms with Crippen LogP contribution in [0.3, 0.4) is 0 Å². The number of nitrogens with zero attached hydrogens (tertiary/aromatic N) is 3. The Morgan fingerprint density at radius 1 is 1.05 bits per heavy atom. The molecule has 2 heterocycles. The second kappa shape index (κ2) is 12.8. The van der Waals surface area contributed by atoms with Crippen LogP contribution < -0.4 is 29.7 Å². The molecule has 0 spiro atoms. The van der Waals surface area contributed by atoms with Gasteiger partial charge in [-0.05, 0) is 43.0 Å². The Balaban J connectivity index is 1.35. The lowest BCUT2D eigenvalue weighted by molar-refractivity contribution is -0.137. The summed E-state index contributed by atoms with van der Waals surface area (Å²) in [5, 5.41) is 6.09. The van der Waals surface area contributed by atoms with E-state index in [-0.39, 0.29) is 11.8 Å². The van der Waals surface area contributed by atoms with Gasteiger partial charge in [-0.25, -0.2) is 4.98 Å². The van der Waals surface area contributed by atoms with Crippen molar-refractivity contribution in [2.75, 3.05) is 51.2 Å². The first kappa shape index (κ1) is 28.8. The summed E-state index contributed by atoms with van der Waals surface area (Å²) in [5.74, 6) is 2.20. The molecule has 12 heteroatoms. The monoisotopic (exact) mass is 559 g/mol. The maximum Gasteiger partial charge on any atom is 0.416 e. The van der Waals surface area contributed by atoms with Crippen LogP contribution in [0.25, 0.3) is 0 Å². The van der Waals surface area contributed by atoms with Crippen LogP contribution in [0, 0.1) is 5.92 Å². The van der Waals surface area contributed by atoms with Crippen molar-refractivity contribution >= 4 is 23.4 Å². The number of ether oxygens (including phenoxy) is 3. The number of rotatable bonds is 10. The number of anilines is 3. The fourth-order valence-electron chi connectivity index (χ4n) is 4.60. The molecule has 1 atom stereocenters. The van der Waals surface area contributed by atoms with Crippen molar-refractivity contribution in [3.63, 3.8) is 0 Å². The van der Waals surface area contributed by atoms with E-state index in [1.807, 2.05) is 4.90 Å². The van der Waals surface area contributed by atoms with Crippen LogP contribution >= 0.6 is 0 Å². The van der Waals surface area contributed by atoms with Gasteiger partial charge < -0.3 is 29.7 Å². The maximum absolute atomic E-state index is 12.9. The SMILES string of the molecule is COc1cc(Nc2nccc(N3CCCC(C(=O)NCCc4ccc(C(F)(F)F)cc4)C3)n2)cc(OC)c1OC. The second-order valence-corrected chi connectivity index (χ2v) is 9.30. The molecule has 1 amide bonds. The smallest absolute Gasteiger partial charge is 0.416 e. The normalized spacial score (nSPS) is 15.3. The van der Waals surface area contributed by atoms with Crippen LogP contribution in [0.2, 0.25) is 0 Å². The third kappa shape index (κ3) is 7.04. The lowest BCUT2D eigenvalue weighted by atomic mass is 9.97. The lowest BCUT2D eigenvalue weighted by Crippen LogP contribution is -2.43. The summed E-state index contributed by atoms with van der Waals surface area (Å²) in [7, 11) is 4.61. The number of benzene rings is 2. The predicted molar refractivity (Wildman–Crippen MR) is 145 cm³/mol. The zero-order valence-electron chi connectivity index (χ0n) is 22.5. The number of amides is 1. The van der Waals surface area contributed by atoms with Crippen molar-refractivity contribution in [2.45, 2.75) is 25.4 Å². The van der Waals surface area contributed by atoms with Crippen molar-refractivity contribution in [3.05, 3.63) is 59.8 Å². The number of carbonyl (C=O) groups is 1. The molecule has 40 heavy (non-hydrogen) atoms. The second-order valence-electron chi connectivity index (χ2n) is 9.30. The molecule has 9 nitrogen and oxygen atoms in total. The molecule has 0 radical (unpaired) electrons. The van der Waals surface area contributed by atoms with Gasteiger partial charge in [0, 0.05) is 43.7 Å². The molecule has 4 rings (SSSR count). The van der Waals surface area contributed by atoms with Crippen LogP contribution in [-0.4, -0.2) is 56.8 Å². The molecule has 1 aliphatic heterocycles. The van der Waals surface area contributed by atoms with Crippen LogP contribution in [-0.2, 0) is 17.4 Å². The minimum absolute atomic E-state index is 0.0820. The summed E-state index contributed by atoms with van der Waals surface area (Å²) in [6.07, 6.45) is -0.712. The van der Waals surface area contributed by atoms with E-state index >= 15 is 0 Å². The average molecular weight is 560 g/mol. The van der Waals surface area contributed by atoms with Gasteiger partial charge in [0.05, 0.1) is 32.8 Å². The standard InChI is InChI=1S/C28H32F3N5O4/c1-38-22-15-21(16-23(39-2)25(22)40-3)34-27-33-13-11-24(35-27)36-14-4-5-19(17-36)26(37)32-12-10-18-6-8-20(9-7-18)28(29,30)31/h6-9,11,13,15-16,19H,4-5,10,12,14,17H2,1-3H3,(H,32,37)(H,33,34,35). The Labute approximate surface area is 230 Å². The number of methoxy groups -OCH3 is 3. The molecule has 1 aromatic heterocycles. The summed E-state index contributed by atoms with van der Waals surface area (Å²) in [4.78, 5) is 23.9. The summed E-state index contributed by atoms with van der Waals surface area (Å²) in [6, 6.07) is 10.3. The van der Waals surface area contributed by atoms with E-state index in [1.165, 1.54) is 33.5 Å². The van der Waals surface area contributed by atoms with E-state index in [0.29, 0.717) is 54.2 Å². The van der Waals surface area contributed by atoms with Crippen molar-refractivity contribution in [3.8, 4) is 17.2 Å². The van der Waals surface area contributed by atoms with E-state index in [0.717, 1.165) is 37.1 Å². The Morgan fingerprint density at radius 3 is 2.38 bits per heavy atom. The number of alkyl halides is 3. The Morgan fingerprint density at radius 2 is 1.75 bits per heavy atom. The molecule has 1 unspecified atom stereocenters. The van der Waals surface area contributed by atoms with E-state index in [9.17, 15) is 18.0 Å². The van der Waals surface area contributed by atoms with Gasteiger partial charge in [0.25, 0.3) is 0 Å². The number of nitrogens with one attached hydrogen (secondary N) is 2. The minimum Gasteiger partial charge on any atom is -0.493 e. The minimum atomic E-state index is -4.36. The largest absolute Gasteiger partial charge is 0.493 e. The van der Waals surface area contributed by atoms with E-state index in [1.54, 1.807) is 24.4 Å². The molecule has 2 aromatic carbocycles. The number of hydrogen-bond donors (Lipinski definition) is 2. The third-order valence-electron chi connectivity index (χ3n) is 6.67. The molecule has 214 valence electrons. The molecular weight excluding hydrogens is 527 g/mol. The zero-order chi connectivity index (χ0) is 28.7. The van der Waals surface area contributed by atoms with E-state index in [4.69, 9.17) is 14.2 Å². The first-order chi connectivity index (χ1) is 19.2. The number of aromatic nitrogens is 2. The topological polar surface area (TPSA) is 97.8 Å². The molecule has 3 aromatic rings. The third-order valence-corrected chi connectivity index (χ3v) is 6.67. The maximum atomic E-state index is 12.9. The van der Waals surface area contributed by atoms with Gasteiger partial charge in [-0.2, -0.15) is 18.2 Å². The number of hydrogen-bond acceptors (Lipinski definition) is 8. The molecule has 1 fully saturated rings. The average Bonchev–Trinajstić information content (AvgIpc) is 2.96. The Kier molecular flexibility index (Phi) is 9.18. The van der Waals surface area contributed by atoms with Crippen LogP contribution in [0.1, 0.15) is 24.0 Å². The van der Waals surface area contributed by atoms with Crippen molar-refractivity contribution < 1.29 is 32.2 Å². The first-order valence-corrected chi connectivity index (χ1v) is 12.8. The molecule has 0 saturated carbocycles. The van der Waals surface area contributed by atoms with Gasteiger partial charge in [-0.3, -0.25) is 4.79 Å². The molecule has 0 aliphatic carbocycles. The van der Waals surface area contributed by atoms with Crippen molar-refractivity contribution in [1.29, 1.82) is 0 Å². The van der Waals surface area contributed by atoms with Crippen LogP contribution in [0.15, 0.2) is 48.7 Å². The molecular formula is C28H32F3N5O4. The number of halogens is 3. The molecule has 1 saturated heterocycles. The molecule has 1 aliphatic rings. The molecule has 2 N–H and O–H groups in total. The fraction of sp³-hybridized carbons (Fsp3) is 0.393. The van der Waals surface area contributed by atoms with E-state index in [2.05, 4.69) is 20.6 Å². The van der Waals surface area contributed by atoms with E-state index < -0.39 is 11.7 Å². The van der Waals surface area contributed by atoms with Crippen LogP contribution in [0.4, 0.5) is 30.6 Å². The highest BCUT2D eigenvalue weighted by Gasteiger charge is 2.30. The number of carbonyl (C=O) groups excluding carboxylic acids is 1. The Hall–Kier alpha value is -4.22. The Bertz CT molecular complexity index is 1280. The summed E-state index contributed by atoms with van der Waals surface area (Å²) >= 11 is 0. The van der Waals surface area contributed by atoms with Gasteiger partial charge >= 0.3 is 6.18 Å². The summed E-state index contributed by atoms with van der Waals surface area (Å²) in [6.45, 7) is 1.58. The van der Waals surface area contributed by atoms with Crippen molar-refractivity contribution in [1.82, 2.24) is 15.3 Å². The number of piperidine rings is 1. The fourth-order valence-corrected chi connectivity index (χ4v) is 4.60. The van der Waals surface area contributed by atoms with Gasteiger partial charge in [0.1, 0.15) is 5.82 Å². The molecule has 0 bridgehead atoms.